The van der Waals surface area contributed by atoms with Crippen molar-refractivity contribution in [1.82, 2.24) is 19.9 Å². The van der Waals surface area contributed by atoms with Crippen LogP contribution in [0, 0.1) is 11.8 Å². The van der Waals surface area contributed by atoms with Crippen LogP contribution >= 0.6 is 11.3 Å². The lowest BCUT2D eigenvalue weighted by Crippen LogP contribution is -2.34. The van der Waals surface area contributed by atoms with Gasteiger partial charge in [-0.3, -0.25) is 4.79 Å². The number of nitrogens with zero attached hydrogens (tertiary/aromatic N) is 5. The second kappa shape index (κ2) is 5.94. The maximum Gasteiger partial charge on any atom is 0.433 e. The van der Waals surface area contributed by atoms with E-state index >= 15 is 0 Å². The Bertz CT molecular complexity index is 768. The van der Waals surface area contributed by atoms with Gasteiger partial charge in [0.15, 0.2) is 0 Å². The lowest BCUT2D eigenvalue weighted by atomic mass is 10.0. The molecule has 0 bridgehead atoms. The third kappa shape index (κ3) is 3.06. The monoisotopic (exact) mass is 369 g/mol. The second-order valence-corrected chi connectivity index (χ2v) is 6.97. The van der Waals surface area contributed by atoms with Crippen molar-refractivity contribution in [2.45, 2.75) is 6.18 Å². The lowest BCUT2D eigenvalue weighted by molar-refractivity contribution is -0.141. The third-order valence-electron chi connectivity index (χ3n) is 4.64. The minimum Gasteiger partial charge on any atom is -0.340 e. The van der Waals surface area contributed by atoms with Gasteiger partial charge in [-0.2, -0.15) is 13.2 Å². The summed E-state index contributed by atoms with van der Waals surface area (Å²) >= 11 is 1.37. The fourth-order valence-corrected chi connectivity index (χ4v) is 3.99. The van der Waals surface area contributed by atoms with E-state index in [9.17, 15) is 18.0 Å². The molecule has 0 aromatic carbocycles. The van der Waals surface area contributed by atoms with Crippen molar-refractivity contribution in [3.8, 4) is 0 Å². The van der Waals surface area contributed by atoms with Gasteiger partial charge >= 0.3 is 6.18 Å². The molecule has 6 nitrogen and oxygen atoms in total. The molecule has 0 saturated carbocycles. The van der Waals surface area contributed by atoms with E-state index < -0.39 is 11.9 Å². The van der Waals surface area contributed by atoms with Crippen molar-refractivity contribution in [1.29, 1.82) is 0 Å². The summed E-state index contributed by atoms with van der Waals surface area (Å²) in [4.78, 5) is 27.6. The van der Waals surface area contributed by atoms with Crippen LogP contribution in [-0.4, -0.2) is 51.9 Å². The molecule has 132 valence electrons. The van der Waals surface area contributed by atoms with Gasteiger partial charge in [0.25, 0.3) is 5.91 Å². The number of fused-ring (bicyclic) bond motifs is 1. The molecule has 0 spiro atoms. The van der Waals surface area contributed by atoms with Crippen LogP contribution in [0.5, 0.6) is 0 Å². The maximum absolute atomic E-state index is 12.8. The van der Waals surface area contributed by atoms with Gasteiger partial charge in [0, 0.05) is 49.6 Å². The molecule has 2 aliphatic heterocycles. The first-order valence-electron chi connectivity index (χ1n) is 7.74. The van der Waals surface area contributed by atoms with Gasteiger partial charge in [0.05, 0.1) is 5.51 Å². The van der Waals surface area contributed by atoms with Crippen LogP contribution in [0.25, 0.3) is 0 Å². The van der Waals surface area contributed by atoms with E-state index in [1.807, 2.05) is 0 Å². The number of thiazole rings is 1. The Kier molecular flexibility index (Phi) is 3.86. The molecule has 2 fully saturated rings. The first-order chi connectivity index (χ1) is 11.9. The second-order valence-electron chi connectivity index (χ2n) is 6.25. The number of rotatable bonds is 2. The van der Waals surface area contributed by atoms with Crippen molar-refractivity contribution < 1.29 is 18.0 Å². The molecule has 0 N–H and O–H groups in total. The van der Waals surface area contributed by atoms with Crippen LogP contribution in [0.1, 0.15) is 16.2 Å². The Morgan fingerprint density at radius 3 is 2.48 bits per heavy atom. The Morgan fingerprint density at radius 2 is 1.88 bits per heavy atom. The summed E-state index contributed by atoms with van der Waals surface area (Å²) in [6, 6.07) is 0.870. The van der Waals surface area contributed by atoms with Gasteiger partial charge in [-0.1, -0.05) is 0 Å². The number of hydrogen-bond donors (Lipinski definition) is 0. The summed E-state index contributed by atoms with van der Waals surface area (Å²) in [7, 11) is 0. The van der Waals surface area contributed by atoms with Crippen molar-refractivity contribution in [3.63, 3.8) is 0 Å². The van der Waals surface area contributed by atoms with E-state index in [2.05, 4.69) is 15.0 Å². The normalized spacial score (nSPS) is 23.2. The highest BCUT2D eigenvalue weighted by molar-refractivity contribution is 7.07. The summed E-state index contributed by atoms with van der Waals surface area (Å²) in [6.07, 6.45) is -3.35. The van der Waals surface area contributed by atoms with E-state index in [4.69, 9.17) is 0 Å². The number of hydrogen-bond acceptors (Lipinski definition) is 6. The van der Waals surface area contributed by atoms with Gasteiger partial charge in [-0.25, -0.2) is 15.0 Å². The number of likely N-dealkylation sites (tertiary alicyclic amines) is 1. The molecule has 2 aromatic heterocycles. The molecule has 4 rings (SSSR count). The molecule has 4 heterocycles. The van der Waals surface area contributed by atoms with Gasteiger partial charge in [-0.15, -0.1) is 11.3 Å². The Morgan fingerprint density at radius 1 is 1.16 bits per heavy atom. The molecule has 1 amide bonds. The smallest absolute Gasteiger partial charge is 0.340 e. The van der Waals surface area contributed by atoms with Crippen LogP contribution in [-0.2, 0) is 6.18 Å². The Hall–Kier alpha value is -2.23. The number of alkyl halides is 3. The van der Waals surface area contributed by atoms with E-state index in [1.165, 1.54) is 11.3 Å². The van der Waals surface area contributed by atoms with Crippen molar-refractivity contribution in [2.75, 3.05) is 31.1 Å². The minimum absolute atomic E-state index is 0.0856. The first-order valence-corrected chi connectivity index (χ1v) is 8.69. The van der Waals surface area contributed by atoms with Crippen LogP contribution in [0.2, 0.25) is 0 Å². The fraction of sp³-hybridized carbons (Fsp3) is 0.467. The molecule has 0 radical (unpaired) electrons. The summed E-state index contributed by atoms with van der Waals surface area (Å²) in [5, 5.41) is 1.72. The molecule has 2 unspecified atom stereocenters. The highest BCUT2D eigenvalue weighted by Gasteiger charge is 2.43. The minimum atomic E-state index is -4.48. The van der Waals surface area contributed by atoms with Crippen LogP contribution in [0.15, 0.2) is 23.2 Å². The number of carbonyl (C=O) groups excluding carboxylic acids is 1. The summed E-state index contributed by atoms with van der Waals surface area (Å²) < 4.78 is 38.4. The highest BCUT2D eigenvalue weighted by Crippen LogP contribution is 2.34. The Balaban J connectivity index is 1.44. The van der Waals surface area contributed by atoms with Crippen LogP contribution in [0.3, 0.4) is 0 Å². The quantitative estimate of drug-likeness (QED) is 0.812. The topological polar surface area (TPSA) is 62.2 Å². The van der Waals surface area contributed by atoms with Gasteiger partial charge in [0.1, 0.15) is 11.4 Å². The highest BCUT2D eigenvalue weighted by atomic mass is 32.1. The first kappa shape index (κ1) is 16.2. The summed E-state index contributed by atoms with van der Waals surface area (Å²) in [6.45, 7) is 2.26. The lowest BCUT2D eigenvalue weighted by Gasteiger charge is -2.21. The van der Waals surface area contributed by atoms with Crippen LogP contribution in [0.4, 0.5) is 19.1 Å². The molecular weight excluding hydrogens is 355 g/mol. The number of amides is 1. The average molecular weight is 369 g/mol. The van der Waals surface area contributed by atoms with Gasteiger partial charge in [0.2, 0.25) is 5.95 Å². The largest absolute Gasteiger partial charge is 0.433 e. The van der Waals surface area contributed by atoms with Crippen molar-refractivity contribution in [2.24, 2.45) is 11.8 Å². The van der Waals surface area contributed by atoms with Crippen molar-refractivity contribution in [3.05, 3.63) is 34.5 Å². The Labute approximate surface area is 145 Å². The van der Waals surface area contributed by atoms with E-state index in [1.54, 1.807) is 20.7 Å². The predicted molar refractivity (Wildman–Crippen MR) is 84.2 cm³/mol. The zero-order chi connectivity index (χ0) is 17.6. The average Bonchev–Trinajstić information content (AvgIpc) is 3.29. The zero-order valence-electron chi connectivity index (χ0n) is 13.0. The molecule has 2 saturated heterocycles. The molecule has 25 heavy (non-hydrogen) atoms. The molecule has 2 aromatic rings. The number of anilines is 1. The maximum atomic E-state index is 12.8. The third-order valence-corrected chi connectivity index (χ3v) is 5.23. The zero-order valence-corrected chi connectivity index (χ0v) is 13.8. The van der Waals surface area contributed by atoms with Crippen molar-refractivity contribution >= 4 is 23.2 Å². The van der Waals surface area contributed by atoms with Crippen LogP contribution < -0.4 is 4.90 Å². The molecule has 0 aliphatic carbocycles. The standard InChI is InChI=1S/C15H14F3N5OS/c16-15(17,18)12-1-2-19-14(21-12)23-5-9-3-22(4-10(9)6-23)13(24)11-7-25-8-20-11/h1-2,7-10H,3-6H2. The molecule has 2 aliphatic rings. The number of aromatic nitrogens is 3. The van der Waals surface area contributed by atoms with E-state index in [-0.39, 0.29) is 23.7 Å². The van der Waals surface area contributed by atoms with Gasteiger partial charge < -0.3 is 9.80 Å². The molecular formula is C15H14F3N5OS. The van der Waals surface area contributed by atoms with E-state index in [0.29, 0.717) is 31.9 Å². The number of halogens is 3. The van der Waals surface area contributed by atoms with Gasteiger partial charge in [-0.05, 0) is 6.07 Å². The molecule has 2 atom stereocenters. The summed E-state index contributed by atoms with van der Waals surface area (Å²) in [5.74, 6) is 0.431. The fourth-order valence-electron chi connectivity index (χ4n) is 3.46. The SMILES string of the molecule is O=C(c1cscn1)N1CC2CN(c3nccc(C(F)(F)F)n3)CC2C1. The molecule has 10 heteroatoms. The predicted octanol–water partition coefficient (Wildman–Crippen LogP) is 2.16. The number of carbonyl (C=O) groups is 1. The van der Waals surface area contributed by atoms with E-state index in [0.717, 1.165) is 12.3 Å². The summed E-state index contributed by atoms with van der Waals surface area (Å²) in [5.41, 5.74) is 1.13.